The van der Waals surface area contributed by atoms with Crippen molar-refractivity contribution in [1.29, 1.82) is 0 Å². The molecule has 0 amide bonds. The number of halogens is 1. The van der Waals surface area contributed by atoms with Crippen LogP contribution in [-0.2, 0) is 6.42 Å². The molecule has 1 unspecified atom stereocenters. The molecule has 0 aromatic carbocycles. The van der Waals surface area contributed by atoms with Gasteiger partial charge in [-0.1, -0.05) is 0 Å². The molecule has 84 valence electrons. The van der Waals surface area contributed by atoms with E-state index < -0.39 is 0 Å². The van der Waals surface area contributed by atoms with Crippen molar-refractivity contribution in [2.75, 3.05) is 0 Å². The molecular weight excluding hydrogens is 304 g/mol. The summed E-state index contributed by atoms with van der Waals surface area (Å²) in [6, 6.07) is 4.39. The van der Waals surface area contributed by atoms with Gasteiger partial charge in [-0.25, -0.2) is 4.98 Å². The van der Waals surface area contributed by atoms with Crippen LogP contribution in [0.5, 0.6) is 0 Å². The van der Waals surface area contributed by atoms with Gasteiger partial charge < -0.3 is 5.73 Å². The summed E-state index contributed by atoms with van der Waals surface area (Å²) >= 11 is 6.98. The van der Waals surface area contributed by atoms with E-state index in [1.54, 1.807) is 22.7 Å². The second kappa shape index (κ2) is 4.22. The Balaban J connectivity index is 2.04. The number of nitrogens with two attached hydrogens (primary N) is 1. The molecule has 16 heavy (non-hydrogen) atoms. The molecule has 1 aliphatic carbocycles. The number of aryl methyl sites for hydroxylation is 1. The van der Waals surface area contributed by atoms with E-state index in [0.717, 1.165) is 21.6 Å². The molecule has 1 atom stereocenters. The normalized spacial score (nSPS) is 19.8. The molecule has 0 spiro atoms. The van der Waals surface area contributed by atoms with Crippen molar-refractivity contribution in [3.05, 3.63) is 26.5 Å². The summed E-state index contributed by atoms with van der Waals surface area (Å²) in [4.78, 5) is 7.24. The molecule has 0 saturated heterocycles. The van der Waals surface area contributed by atoms with Crippen LogP contribution in [0.15, 0.2) is 15.9 Å². The average Bonchev–Trinajstić information content (AvgIpc) is 2.84. The highest BCUT2D eigenvalue weighted by Crippen LogP contribution is 2.39. The molecule has 2 heterocycles. The fraction of sp³-hybridized carbons (Fsp3) is 0.364. The molecule has 3 rings (SSSR count). The van der Waals surface area contributed by atoms with Crippen molar-refractivity contribution in [2.45, 2.75) is 25.3 Å². The van der Waals surface area contributed by atoms with E-state index in [9.17, 15) is 0 Å². The van der Waals surface area contributed by atoms with Gasteiger partial charge in [0, 0.05) is 10.9 Å². The average molecular weight is 315 g/mol. The Kier molecular flexibility index (Phi) is 2.87. The van der Waals surface area contributed by atoms with Gasteiger partial charge >= 0.3 is 0 Å². The third-order valence-electron chi connectivity index (χ3n) is 2.78. The highest BCUT2D eigenvalue weighted by atomic mass is 79.9. The first-order valence-corrected chi connectivity index (χ1v) is 7.67. The van der Waals surface area contributed by atoms with E-state index in [0.29, 0.717) is 0 Å². The van der Waals surface area contributed by atoms with Crippen LogP contribution in [0.2, 0.25) is 0 Å². The predicted molar refractivity (Wildman–Crippen MR) is 73.0 cm³/mol. The lowest BCUT2D eigenvalue weighted by Crippen LogP contribution is -2.15. The van der Waals surface area contributed by atoms with Crippen molar-refractivity contribution in [3.63, 3.8) is 0 Å². The molecule has 0 aliphatic heterocycles. The first-order chi connectivity index (χ1) is 7.74. The van der Waals surface area contributed by atoms with E-state index in [1.807, 2.05) is 0 Å². The van der Waals surface area contributed by atoms with Crippen LogP contribution in [0.1, 0.15) is 29.5 Å². The Hall–Kier alpha value is -0.230. The molecule has 2 aromatic rings. The van der Waals surface area contributed by atoms with Crippen LogP contribution in [0, 0.1) is 0 Å². The minimum atomic E-state index is 0.207. The minimum Gasteiger partial charge on any atom is -0.323 e. The smallest absolute Gasteiger partial charge is 0.133 e. The Morgan fingerprint density at radius 3 is 2.94 bits per heavy atom. The zero-order valence-corrected chi connectivity index (χ0v) is 11.8. The Morgan fingerprint density at radius 1 is 1.38 bits per heavy atom. The molecular formula is C11H11BrN2S2. The second-order valence-corrected chi connectivity index (χ2v) is 7.43. The maximum absolute atomic E-state index is 6.11. The first kappa shape index (κ1) is 10.9. The molecule has 1 aliphatic rings. The van der Waals surface area contributed by atoms with Gasteiger partial charge in [-0.3, -0.25) is 0 Å². The highest BCUT2D eigenvalue weighted by molar-refractivity contribution is 9.11. The van der Waals surface area contributed by atoms with Gasteiger partial charge in [0.05, 0.1) is 14.4 Å². The van der Waals surface area contributed by atoms with Crippen LogP contribution in [-0.4, -0.2) is 4.98 Å². The fourth-order valence-electron chi connectivity index (χ4n) is 1.99. The number of thiophene rings is 1. The molecule has 0 saturated carbocycles. The maximum atomic E-state index is 6.11. The van der Waals surface area contributed by atoms with Crippen molar-refractivity contribution in [3.8, 4) is 9.88 Å². The Bertz CT molecular complexity index is 518. The fourth-order valence-corrected chi connectivity index (χ4v) is 4.58. The quantitative estimate of drug-likeness (QED) is 0.865. The number of hydrogen-bond acceptors (Lipinski definition) is 4. The molecule has 2 N–H and O–H groups in total. The third-order valence-corrected chi connectivity index (χ3v) is 5.80. The lowest BCUT2D eigenvalue weighted by molar-refractivity contribution is 0.573. The summed E-state index contributed by atoms with van der Waals surface area (Å²) in [5.74, 6) is 0. The van der Waals surface area contributed by atoms with E-state index in [2.05, 4.69) is 28.1 Å². The van der Waals surface area contributed by atoms with Crippen molar-refractivity contribution >= 4 is 38.6 Å². The SMILES string of the molecule is NC1CCCc2nc(-c3ccc(Br)s3)sc21. The predicted octanol–water partition coefficient (Wildman–Crippen LogP) is 3.97. The van der Waals surface area contributed by atoms with Crippen molar-refractivity contribution in [2.24, 2.45) is 5.73 Å². The van der Waals surface area contributed by atoms with Gasteiger partial charge in [0.25, 0.3) is 0 Å². The lowest BCUT2D eigenvalue weighted by atomic mass is 9.99. The number of aromatic nitrogens is 1. The zero-order chi connectivity index (χ0) is 11.1. The van der Waals surface area contributed by atoms with Gasteiger partial charge in [-0.15, -0.1) is 22.7 Å². The largest absolute Gasteiger partial charge is 0.323 e. The van der Waals surface area contributed by atoms with Crippen LogP contribution >= 0.6 is 38.6 Å². The Labute approximate surface area is 111 Å². The second-order valence-electron chi connectivity index (χ2n) is 3.93. The molecule has 0 fully saturated rings. The van der Waals surface area contributed by atoms with Gasteiger partial charge in [0.15, 0.2) is 0 Å². The van der Waals surface area contributed by atoms with Gasteiger partial charge in [-0.2, -0.15) is 0 Å². The van der Waals surface area contributed by atoms with E-state index in [-0.39, 0.29) is 6.04 Å². The summed E-state index contributed by atoms with van der Waals surface area (Å²) < 4.78 is 1.15. The van der Waals surface area contributed by atoms with Crippen LogP contribution in [0.25, 0.3) is 9.88 Å². The van der Waals surface area contributed by atoms with Crippen molar-refractivity contribution < 1.29 is 0 Å². The van der Waals surface area contributed by atoms with E-state index >= 15 is 0 Å². The summed E-state index contributed by atoms with van der Waals surface area (Å²) in [7, 11) is 0. The molecule has 5 heteroatoms. The molecule has 2 aromatic heterocycles. The Morgan fingerprint density at radius 2 is 2.25 bits per heavy atom. The topological polar surface area (TPSA) is 38.9 Å². The number of nitrogens with zero attached hydrogens (tertiary/aromatic N) is 1. The number of thiazole rings is 1. The van der Waals surface area contributed by atoms with Gasteiger partial charge in [0.2, 0.25) is 0 Å². The van der Waals surface area contributed by atoms with E-state index in [1.165, 1.54) is 21.9 Å². The van der Waals surface area contributed by atoms with Crippen LogP contribution in [0.3, 0.4) is 0 Å². The maximum Gasteiger partial charge on any atom is 0.133 e. The van der Waals surface area contributed by atoms with Gasteiger partial charge in [0.1, 0.15) is 5.01 Å². The monoisotopic (exact) mass is 314 g/mol. The van der Waals surface area contributed by atoms with Crippen molar-refractivity contribution in [1.82, 2.24) is 4.98 Å². The van der Waals surface area contributed by atoms with E-state index in [4.69, 9.17) is 10.7 Å². The van der Waals surface area contributed by atoms with Crippen LogP contribution < -0.4 is 5.73 Å². The van der Waals surface area contributed by atoms with Crippen LogP contribution in [0.4, 0.5) is 0 Å². The third kappa shape index (κ3) is 1.86. The van der Waals surface area contributed by atoms with Gasteiger partial charge in [-0.05, 0) is 47.3 Å². The number of rotatable bonds is 1. The summed E-state index contributed by atoms with van der Waals surface area (Å²) in [5, 5.41) is 1.12. The number of fused-ring (bicyclic) bond motifs is 1. The molecule has 2 nitrogen and oxygen atoms in total. The summed E-state index contributed by atoms with van der Waals surface area (Å²) in [6.07, 6.45) is 3.36. The zero-order valence-electron chi connectivity index (χ0n) is 8.57. The minimum absolute atomic E-state index is 0.207. The summed E-state index contributed by atoms with van der Waals surface area (Å²) in [6.45, 7) is 0. The standard InChI is InChI=1S/C11H11BrN2S2/c12-9-5-4-8(15-9)11-14-7-3-1-2-6(13)10(7)16-11/h4-6H,1-3,13H2. The summed E-state index contributed by atoms with van der Waals surface area (Å²) in [5.41, 5.74) is 7.33. The first-order valence-electron chi connectivity index (χ1n) is 5.25. The molecule has 0 bridgehead atoms. The molecule has 0 radical (unpaired) electrons. The number of hydrogen-bond donors (Lipinski definition) is 1. The lowest BCUT2D eigenvalue weighted by Gasteiger charge is -2.15. The highest BCUT2D eigenvalue weighted by Gasteiger charge is 2.22.